The Morgan fingerprint density at radius 3 is 3.17 bits per heavy atom. The van der Waals surface area contributed by atoms with Gasteiger partial charge in [0, 0.05) is 36.2 Å². The second-order valence-corrected chi connectivity index (χ2v) is 7.63. The fourth-order valence-corrected chi connectivity index (χ4v) is 4.75. The molecule has 0 bridgehead atoms. The van der Waals surface area contributed by atoms with Gasteiger partial charge in [0.15, 0.2) is 11.6 Å². The van der Waals surface area contributed by atoms with Gasteiger partial charge in [-0.2, -0.15) is 0 Å². The molecule has 2 aromatic rings. The van der Waals surface area contributed by atoms with Crippen LogP contribution in [0.25, 0.3) is 0 Å². The minimum absolute atomic E-state index is 0.230. The number of pyridine rings is 1. The summed E-state index contributed by atoms with van der Waals surface area (Å²) in [5, 5.41) is 4.94. The van der Waals surface area contributed by atoms with Gasteiger partial charge in [-0.25, -0.2) is 14.4 Å². The van der Waals surface area contributed by atoms with Gasteiger partial charge >= 0.3 is 0 Å². The van der Waals surface area contributed by atoms with E-state index in [0.717, 1.165) is 30.9 Å². The van der Waals surface area contributed by atoms with E-state index in [9.17, 15) is 4.39 Å². The van der Waals surface area contributed by atoms with E-state index in [-0.39, 0.29) is 5.82 Å². The standard InChI is InChI=1S/C17H21FN4S/c1-11-20-14-5-2-6-15(16(14)23-11)21-12-7-9-22(10-12)17-13(18)4-3-8-19-17/h3-4,8,12,15,21H,2,5-7,9-10H2,1H3/t12-,15+/m0/s1. The summed E-state index contributed by atoms with van der Waals surface area (Å²) in [7, 11) is 0. The minimum atomic E-state index is -0.230. The zero-order chi connectivity index (χ0) is 15.8. The molecule has 1 aliphatic heterocycles. The van der Waals surface area contributed by atoms with Crippen LogP contribution < -0.4 is 10.2 Å². The summed E-state index contributed by atoms with van der Waals surface area (Å²) in [5.74, 6) is 0.251. The summed E-state index contributed by atoms with van der Waals surface area (Å²) < 4.78 is 13.9. The number of nitrogens with one attached hydrogen (secondary N) is 1. The predicted octanol–water partition coefficient (Wildman–Crippen LogP) is 3.23. The van der Waals surface area contributed by atoms with Crippen molar-refractivity contribution in [2.24, 2.45) is 0 Å². The normalized spacial score (nSPS) is 24.0. The number of rotatable bonds is 3. The molecule has 4 rings (SSSR count). The zero-order valence-electron chi connectivity index (χ0n) is 13.3. The Bertz CT molecular complexity index is 702. The largest absolute Gasteiger partial charge is 0.353 e. The molecule has 1 aliphatic carbocycles. The van der Waals surface area contributed by atoms with E-state index in [0.29, 0.717) is 17.9 Å². The highest BCUT2D eigenvalue weighted by atomic mass is 32.1. The molecular weight excluding hydrogens is 311 g/mol. The number of anilines is 1. The summed E-state index contributed by atoms with van der Waals surface area (Å²) in [6, 6.07) is 3.91. The Morgan fingerprint density at radius 2 is 2.30 bits per heavy atom. The SMILES string of the molecule is Cc1nc2c(s1)[C@H](N[C@H]1CCN(c3ncccc3F)C1)CCC2. The quantitative estimate of drug-likeness (QED) is 0.937. The van der Waals surface area contributed by atoms with E-state index >= 15 is 0 Å². The lowest BCUT2D eigenvalue weighted by Gasteiger charge is -2.26. The summed E-state index contributed by atoms with van der Waals surface area (Å²) in [4.78, 5) is 12.3. The van der Waals surface area contributed by atoms with Crippen LogP contribution >= 0.6 is 11.3 Å². The van der Waals surface area contributed by atoms with Crippen LogP contribution in [-0.4, -0.2) is 29.1 Å². The fourth-order valence-electron chi connectivity index (χ4n) is 3.68. The lowest BCUT2D eigenvalue weighted by molar-refractivity contribution is 0.413. The second-order valence-electron chi connectivity index (χ2n) is 6.40. The molecule has 0 saturated carbocycles. The molecule has 2 aliphatic rings. The summed E-state index contributed by atoms with van der Waals surface area (Å²) in [6.45, 7) is 3.76. The van der Waals surface area contributed by atoms with E-state index in [4.69, 9.17) is 0 Å². The molecule has 23 heavy (non-hydrogen) atoms. The third-order valence-electron chi connectivity index (χ3n) is 4.72. The highest BCUT2D eigenvalue weighted by Crippen LogP contribution is 2.35. The molecule has 0 radical (unpaired) electrons. The van der Waals surface area contributed by atoms with Crippen LogP contribution in [0.2, 0.25) is 0 Å². The van der Waals surface area contributed by atoms with E-state index in [1.807, 2.05) is 11.3 Å². The van der Waals surface area contributed by atoms with Crippen molar-refractivity contribution in [1.82, 2.24) is 15.3 Å². The smallest absolute Gasteiger partial charge is 0.165 e. The van der Waals surface area contributed by atoms with Crippen molar-refractivity contribution in [3.8, 4) is 0 Å². The third-order valence-corrected chi connectivity index (χ3v) is 5.85. The van der Waals surface area contributed by atoms with Crippen LogP contribution in [0.1, 0.15) is 40.9 Å². The fraction of sp³-hybridized carbons (Fsp3) is 0.529. The molecular formula is C17H21FN4S. The average molecular weight is 332 g/mol. The van der Waals surface area contributed by atoms with E-state index in [2.05, 4.69) is 27.1 Å². The molecule has 0 aromatic carbocycles. The Kier molecular flexibility index (Phi) is 4.03. The first-order valence-corrected chi connectivity index (χ1v) is 9.10. The van der Waals surface area contributed by atoms with E-state index < -0.39 is 0 Å². The lowest BCUT2D eigenvalue weighted by Crippen LogP contribution is -2.36. The van der Waals surface area contributed by atoms with Gasteiger partial charge in [-0.05, 0) is 44.7 Å². The Balaban J connectivity index is 1.44. The van der Waals surface area contributed by atoms with Crippen LogP contribution in [0.15, 0.2) is 18.3 Å². The van der Waals surface area contributed by atoms with Gasteiger partial charge < -0.3 is 10.2 Å². The number of hydrogen-bond donors (Lipinski definition) is 1. The van der Waals surface area contributed by atoms with E-state index in [1.165, 1.54) is 29.5 Å². The molecule has 0 unspecified atom stereocenters. The zero-order valence-corrected chi connectivity index (χ0v) is 14.1. The van der Waals surface area contributed by atoms with Crippen LogP contribution in [0.4, 0.5) is 10.2 Å². The molecule has 1 saturated heterocycles. The van der Waals surface area contributed by atoms with Gasteiger partial charge in [-0.1, -0.05) is 0 Å². The van der Waals surface area contributed by atoms with E-state index in [1.54, 1.807) is 12.3 Å². The van der Waals surface area contributed by atoms with Gasteiger partial charge in [0.05, 0.1) is 10.7 Å². The lowest BCUT2D eigenvalue weighted by atomic mass is 9.97. The first-order chi connectivity index (χ1) is 11.2. The number of nitrogens with zero attached hydrogens (tertiary/aromatic N) is 3. The number of hydrogen-bond acceptors (Lipinski definition) is 5. The summed E-state index contributed by atoms with van der Waals surface area (Å²) in [6.07, 6.45) is 6.16. The first kappa shape index (κ1) is 15.0. The minimum Gasteiger partial charge on any atom is -0.353 e. The van der Waals surface area contributed by atoms with Crippen LogP contribution in [0.3, 0.4) is 0 Å². The molecule has 122 valence electrons. The van der Waals surface area contributed by atoms with Gasteiger partial charge in [0.1, 0.15) is 0 Å². The van der Waals surface area contributed by atoms with Crippen molar-refractivity contribution in [3.05, 3.63) is 39.7 Å². The van der Waals surface area contributed by atoms with Crippen LogP contribution in [0.5, 0.6) is 0 Å². The molecule has 4 nitrogen and oxygen atoms in total. The monoisotopic (exact) mass is 332 g/mol. The molecule has 2 aromatic heterocycles. The van der Waals surface area contributed by atoms with Crippen LogP contribution in [0, 0.1) is 12.7 Å². The van der Waals surface area contributed by atoms with Gasteiger partial charge in [0.2, 0.25) is 0 Å². The molecule has 0 spiro atoms. The predicted molar refractivity (Wildman–Crippen MR) is 90.5 cm³/mol. The average Bonchev–Trinajstić information content (AvgIpc) is 3.14. The second kappa shape index (κ2) is 6.17. The topological polar surface area (TPSA) is 41.1 Å². The Labute approximate surface area is 139 Å². The van der Waals surface area contributed by atoms with Crippen molar-refractivity contribution in [3.63, 3.8) is 0 Å². The van der Waals surface area contributed by atoms with Crippen LogP contribution in [-0.2, 0) is 6.42 Å². The maximum absolute atomic E-state index is 13.9. The number of aromatic nitrogens is 2. The molecule has 3 heterocycles. The maximum Gasteiger partial charge on any atom is 0.165 e. The van der Waals surface area contributed by atoms with Crippen molar-refractivity contribution < 1.29 is 4.39 Å². The molecule has 1 fully saturated rings. The number of fused-ring (bicyclic) bond motifs is 1. The first-order valence-electron chi connectivity index (χ1n) is 8.28. The van der Waals surface area contributed by atoms with Crippen molar-refractivity contribution >= 4 is 17.2 Å². The van der Waals surface area contributed by atoms with Gasteiger partial charge in [0.25, 0.3) is 0 Å². The summed E-state index contributed by atoms with van der Waals surface area (Å²) >= 11 is 1.82. The Hall–Kier alpha value is -1.53. The number of aryl methyl sites for hydroxylation is 2. The van der Waals surface area contributed by atoms with Crippen molar-refractivity contribution in [2.45, 2.75) is 44.7 Å². The van der Waals surface area contributed by atoms with Gasteiger partial charge in [-0.3, -0.25) is 0 Å². The third kappa shape index (κ3) is 2.97. The molecule has 0 amide bonds. The van der Waals surface area contributed by atoms with Gasteiger partial charge in [-0.15, -0.1) is 11.3 Å². The molecule has 1 N–H and O–H groups in total. The Morgan fingerprint density at radius 1 is 1.39 bits per heavy atom. The maximum atomic E-state index is 13.9. The summed E-state index contributed by atoms with van der Waals surface area (Å²) in [5.41, 5.74) is 1.28. The van der Waals surface area contributed by atoms with Crippen molar-refractivity contribution in [2.75, 3.05) is 18.0 Å². The molecule has 6 heteroatoms. The number of halogens is 1. The highest BCUT2D eigenvalue weighted by Gasteiger charge is 2.30. The highest BCUT2D eigenvalue weighted by molar-refractivity contribution is 7.11. The number of thiazole rings is 1. The molecule has 2 atom stereocenters. The van der Waals surface area contributed by atoms with Crippen molar-refractivity contribution in [1.29, 1.82) is 0 Å².